The van der Waals surface area contributed by atoms with Crippen LogP contribution in [0.15, 0.2) is 0 Å². The van der Waals surface area contributed by atoms with E-state index in [1.54, 1.807) is 0 Å². The molecule has 0 saturated heterocycles. The SMILES string of the molecule is CC(=O)OC1CC1C(=O)O. The Bertz CT molecular complexity index is 175. The molecule has 1 fully saturated rings. The van der Waals surface area contributed by atoms with Crippen molar-refractivity contribution in [1.82, 2.24) is 0 Å². The van der Waals surface area contributed by atoms with Gasteiger partial charge in [-0.2, -0.15) is 0 Å². The Labute approximate surface area is 57.8 Å². The monoisotopic (exact) mass is 144 g/mol. The molecular weight excluding hydrogens is 136 g/mol. The first-order chi connectivity index (χ1) is 4.61. The second-order valence-electron chi connectivity index (χ2n) is 2.33. The van der Waals surface area contributed by atoms with Gasteiger partial charge in [-0.25, -0.2) is 0 Å². The summed E-state index contributed by atoms with van der Waals surface area (Å²) in [7, 11) is 0. The summed E-state index contributed by atoms with van der Waals surface area (Å²) in [4.78, 5) is 20.4. The van der Waals surface area contributed by atoms with Crippen LogP contribution in [0, 0.1) is 5.92 Å². The molecular formula is C6H8O4. The highest BCUT2D eigenvalue weighted by atomic mass is 16.5. The zero-order chi connectivity index (χ0) is 7.72. The summed E-state index contributed by atoms with van der Waals surface area (Å²) in [6.45, 7) is 1.28. The molecule has 0 bridgehead atoms. The van der Waals surface area contributed by atoms with Gasteiger partial charge in [-0.15, -0.1) is 0 Å². The predicted octanol–water partition coefficient (Wildman–Crippen LogP) is 0.0226. The van der Waals surface area contributed by atoms with Crippen molar-refractivity contribution in [3.8, 4) is 0 Å². The first-order valence-corrected chi connectivity index (χ1v) is 3.01. The van der Waals surface area contributed by atoms with Crippen LogP contribution >= 0.6 is 0 Å². The number of rotatable bonds is 2. The summed E-state index contributed by atoms with van der Waals surface area (Å²) in [6.07, 6.45) is 0.101. The molecule has 4 heteroatoms. The molecule has 56 valence electrons. The Balaban J connectivity index is 2.26. The number of hydrogen-bond acceptors (Lipinski definition) is 3. The van der Waals surface area contributed by atoms with Gasteiger partial charge in [0.1, 0.15) is 6.10 Å². The van der Waals surface area contributed by atoms with Crippen molar-refractivity contribution in [3.05, 3.63) is 0 Å². The van der Waals surface area contributed by atoms with Crippen LogP contribution in [0.5, 0.6) is 0 Å². The van der Waals surface area contributed by atoms with Gasteiger partial charge in [-0.1, -0.05) is 0 Å². The summed E-state index contributed by atoms with van der Waals surface area (Å²) in [5, 5.41) is 8.35. The van der Waals surface area contributed by atoms with Gasteiger partial charge in [-0.05, 0) is 0 Å². The van der Waals surface area contributed by atoms with Crippen LogP contribution in [0.4, 0.5) is 0 Å². The number of carbonyl (C=O) groups excluding carboxylic acids is 1. The number of esters is 1. The molecule has 0 heterocycles. The van der Waals surface area contributed by atoms with Gasteiger partial charge in [0.05, 0.1) is 5.92 Å². The van der Waals surface area contributed by atoms with E-state index < -0.39 is 17.9 Å². The topological polar surface area (TPSA) is 63.6 Å². The fraction of sp³-hybridized carbons (Fsp3) is 0.667. The maximum atomic E-state index is 10.2. The van der Waals surface area contributed by atoms with E-state index in [0.717, 1.165) is 0 Å². The van der Waals surface area contributed by atoms with E-state index in [2.05, 4.69) is 4.74 Å². The summed E-state index contributed by atoms with van der Waals surface area (Å²) in [5.41, 5.74) is 0. The summed E-state index contributed by atoms with van der Waals surface area (Å²) < 4.78 is 4.62. The Kier molecular flexibility index (Phi) is 1.61. The van der Waals surface area contributed by atoms with Crippen molar-refractivity contribution in [2.24, 2.45) is 5.92 Å². The van der Waals surface area contributed by atoms with Crippen molar-refractivity contribution < 1.29 is 19.4 Å². The maximum absolute atomic E-state index is 10.2. The zero-order valence-corrected chi connectivity index (χ0v) is 5.53. The van der Waals surface area contributed by atoms with Crippen LogP contribution in [-0.4, -0.2) is 23.1 Å². The molecule has 0 aromatic rings. The molecule has 4 nitrogen and oxygen atoms in total. The Hall–Kier alpha value is -1.06. The number of carboxylic acid groups (broad SMARTS) is 1. The average molecular weight is 144 g/mol. The van der Waals surface area contributed by atoms with E-state index in [4.69, 9.17) is 5.11 Å². The van der Waals surface area contributed by atoms with Gasteiger partial charge < -0.3 is 9.84 Å². The van der Waals surface area contributed by atoms with E-state index in [9.17, 15) is 9.59 Å². The third-order valence-electron chi connectivity index (χ3n) is 1.37. The molecule has 2 atom stereocenters. The van der Waals surface area contributed by atoms with E-state index in [1.807, 2.05) is 0 Å². The van der Waals surface area contributed by atoms with Crippen molar-refractivity contribution in [2.75, 3.05) is 0 Å². The van der Waals surface area contributed by atoms with Gasteiger partial charge in [0.2, 0.25) is 0 Å². The standard InChI is InChI=1S/C6H8O4/c1-3(7)10-5-2-4(5)6(8)9/h4-5H,2H2,1H3,(H,8,9). The predicted molar refractivity (Wildman–Crippen MR) is 31.3 cm³/mol. The fourth-order valence-electron chi connectivity index (χ4n) is 0.775. The highest BCUT2D eigenvalue weighted by molar-refractivity contribution is 5.75. The second kappa shape index (κ2) is 2.28. The normalized spacial score (nSPS) is 29.3. The lowest BCUT2D eigenvalue weighted by Crippen LogP contribution is -2.07. The first-order valence-electron chi connectivity index (χ1n) is 3.01. The minimum atomic E-state index is -0.883. The molecule has 2 unspecified atom stereocenters. The van der Waals surface area contributed by atoms with E-state index in [0.29, 0.717) is 6.42 Å². The maximum Gasteiger partial charge on any atom is 0.310 e. The average Bonchev–Trinajstić information content (AvgIpc) is 2.43. The van der Waals surface area contributed by atoms with E-state index >= 15 is 0 Å². The molecule has 1 rings (SSSR count). The lowest BCUT2D eigenvalue weighted by atomic mass is 10.4. The fourth-order valence-corrected chi connectivity index (χ4v) is 0.775. The number of hydrogen-bond donors (Lipinski definition) is 1. The second-order valence-corrected chi connectivity index (χ2v) is 2.33. The molecule has 0 aliphatic heterocycles. The smallest absolute Gasteiger partial charge is 0.310 e. The third kappa shape index (κ3) is 1.46. The highest BCUT2D eigenvalue weighted by Crippen LogP contribution is 2.33. The molecule has 0 spiro atoms. The lowest BCUT2D eigenvalue weighted by molar-refractivity contribution is -0.145. The van der Waals surface area contributed by atoms with Gasteiger partial charge >= 0.3 is 11.9 Å². The van der Waals surface area contributed by atoms with Crippen molar-refractivity contribution in [3.63, 3.8) is 0 Å². The summed E-state index contributed by atoms with van der Waals surface area (Å²) in [6, 6.07) is 0. The zero-order valence-electron chi connectivity index (χ0n) is 5.53. The molecule has 0 aromatic carbocycles. The molecule has 0 amide bonds. The molecule has 1 N–H and O–H groups in total. The van der Waals surface area contributed by atoms with Crippen molar-refractivity contribution in [2.45, 2.75) is 19.4 Å². The molecule has 10 heavy (non-hydrogen) atoms. The largest absolute Gasteiger partial charge is 0.481 e. The van der Waals surface area contributed by atoms with Crippen LogP contribution in [0.1, 0.15) is 13.3 Å². The van der Waals surface area contributed by atoms with Crippen LogP contribution in [0.25, 0.3) is 0 Å². The number of carbonyl (C=O) groups is 2. The van der Waals surface area contributed by atoms with E-state index in [-0.39, 0.29) is 6.10 Å². The van der Waals surface area contributed by atoms with Gasteiger partial charge in [-0.3, -0.25) is 9.59 Å². The van der Waals surface area contributed by atoms with Gasteiger partial charge in [0, 0.05) is 13.3 Å². The third-order valence-corrected chi connectivity index (χ3v) is 1.37. The molecule has 0 radical (unpaired) electrons. The summed E-state index contributed by atoms with van der Waals surface area (Å²) in [5.74, 6) is -1.75. The molecule has 1 aliphatic carbocycles. The Morgan fingerprint density at radius 2 is 2.20 bits per heavy atom. The molecule has 0 aromatic heterocycles. The van der Waals surface area contributed by atoms with Crippen LogP contribution in [0.3, 0.4) is 0 Å². The molecule has 1 saturated carbocycles. The van der Waals surface area contributed by atoms with Crippen LogP contribution < -0.4 is 0 Å². The van der Waals surface area contributed by atoms with Crippen molar-refractivity contribution in [1.29, 1.82) is 0 Å². The minimum Gasteiger partial charge on any atom is -0.481 e. The van der Waals surface area contributed by atoms with Crippen molar-refractivity contribution >= 4 is 11.9 Å². The number of carboxylic acids is 1. The summed E-state index contributed by atoms with van der Waals surface area (Å²) >= 11 is 0. The first kappa shape index (κ1) is 7.05. The minimum absolute atomic E-state index is 0.366. The quantitative estimate of drug-likeness (QED) is 0.555. The van der Waals surface area contributed by atoms with Crippen LogP contribution in [0.2, 0.25) is 0 Å². The van der Waals surface area contributed by atoms with Gasteiger partial charge in [0.15, 0.2) is 0 Å². The highest BCUT2D eigenvalue weighted by Gasteiger charge is 2.46. The molecule has 1 aliphatic rings. The lowest BCUT2D eigenvalue weighted by Gasteiger charge is -1.95. The Morgan fingerprint density at radius 3 is 2.50 bits per heavy atom. The van der Waals surface area contributed by atoms with Gasteiger partial charge in [0.25, 0.3) is 0 Å². The number of ether oxygens (including phenoxy) is 1. The number of aliphatic carboxylic acids is 1. The van der Waals surface area contributed by atoms with E-state index in [1.165, 1.54) is 6.92 Å². The Morgan fingerprint density at radius 1 is 1.60 bits per heavy atom. The van der Waals surface area contributed by atoms with Crippen LogP contribution in [-0.2, 0) is 14.3 Å².